The number of nitrogens with one attached hydrogen (secondary N) is 1. The fraction of sp³-hybridized carbons (Fsp3) is 0.353. The molecule has 1 aromatic heterocycles. The lowest BCUT2D eigenvalue weighted by molar-refractivity contribution is 0.0943. The summed E-state index contributed by atoms with van der Waals surface area (Å²) in [5.74, 6) is 1.55. The van der Waals surface area contributed by atoms with Crippen LogP contribution in [-0.2, 0) is 4.74 Å². The van der Waals surface area contributed by atoms with Gasteiger partial charge < -0.3 is 14.5 Å². The zero-order chi connectivity index (χ0) is 29.2. The Labute approximate surface area is 245 Å². The molecule has 2 fully saturated rings. The summed E-state index contributed by atoms with van der Waals surface area (Å²) in [5.41, 5.74) is 6.46. The number of carbonyl (C=O) groups excluding carboxylic acids is 2. The maximum atomic E-state index is 12.9. The Hall–Kier alpha value is -4.64. The smallest absolute Gasteiger partial charge is 0.414 e. The SMILES string of the molecule is [C-]#[N+]c1cc(C(C)C)c2oc(-c3ccc(C(=O)NCC4CCC(c5ccc(N6CCOC6=O)cc5)CC4)cc3)nc2c1. The monoisotopic (exact) mass is 562 g/mol. The molecule has 8 nitrogen and oxygen atoms in total. The van der Waals surface area contributed by atoms with Crippen LogP contribution >= 0.6 is 0 Å². The number of ether oxygens (including phenoxy) is 1. The second kappa shape index (κ2) is 11.7. The number of hydrogen-bond acceptors (Lipinski definition) is 5. The van der Waals surface area contributed by atoms with Gasteiger partial charge in [-0.3, -0.25) is 9.69 Å². The van der Waals surface area contributed by atoms with Gasteiger partial charge in [0, 0.05) is 23.4 Å². The van der Waals surface area contributed by atoms with E-state index in [9.17, 15) is 9.59 Å². The molecule has 0 spiro atoms. The van der Waals surface area contributed by atoms with Gasteiger partial charge in [0.15, 0.2) is 11.3 Å². The fourth-order valence-electron chi connectivity index (χ4n) is 6.02. The minimum absolute atomic E-state index is 0.0824. The van der Waals surface area contributed by atoms with Gasteiger partial charge >= 0.3 is 6.09 Å². The Morgan fingerprint density at radius 3 is 2.45 bits per heavy atom. The van der Waals surface area contributed by atoms with Gasteiger partial charge in [-0.1, -0.05) is 26.0 Å². The highest BCUT2D eigenvalue weighted by atomic mass is 16.6. The van der Waals surface area contributed by atoms with Gasteiger partial charge in [0.05, 0.1) is 18.6 Å². The van der Waals surface area contributed by atoms with Gasteiger partial charge in [-0.15, -0.1) is 0 Å². The summed E-state index contributed by atoms with van der Waals surface area (Å²) >= 11 is 0. The van der Waals surface area contributed by atoms with E-state index >= 15 is 0 Å². The molecule has 1 N–H and O–H groups in total. The summed E-state index contributed by atoms with van der Waals surface area (Å²) in [5, 5.41) is 3.12. The van der Waals surface area contributed by atoms with Crippen LogP contribution in [0.1, 0.15) is 72.9 Å². The first-order valence-electron chi connectivity index (χ1n) is 14.6. The topological polar surface area (TPSA) is 89.0 Å². The van der Waals surface area contributed by atoms with E-state index in [1.54, 1.807) is 23.1 Å². The Kier molecular flexibility index (Phi) is 7.66. The van der Waals surface area contributed by atoms with Crippen molar-refractivity contribution in [1.29, 1.82) is 0 Å². The van der Waals surface area contributed by atoms with E-state index in [4.69, 9.17) is 15.7 Å². The van der Waals surface area contributed by atoms with Gasteiger partial charge in [-0.05, 0) is 103 Å². The molecule has 1 aliphatic heterocycles. The second-order valence-electron chi connectivity index (χ2n) is 11.5. The number of fused-ring (bicyclic) bond motifs is 1. The molecule has 0 atom stereocenters. The molecule has 1 aliphatic carbocycles. The predicted molar refractivity (Wildman–Crippen MR) is 162 cm³/mol. The molecule has 2 amide bonds. The van der Waals surface area contributed by atoms with Crippen LogP contribution in [0.15, 0.2) is 65.1 Å². The molecule has 1 saturated carbocycles. The molecule has 8 heteroatoms. The average molecular weight is 563 g/mol. The van der Waals surface area contributed by atoms with Crippen molar-refractivity contribution < 1.29 is 18.7 Å². The first-order valence-corrected chi connectivity index (χ1v) is 14.6. The maximum Gasteiger partial charge on any atom is 0.414 e. The third-order valence-corrected chi connectivity index (χ3v) is 8.48. The van der Waals surface area contributed by atoms with E-state index in [1.165, 1.54) is 5.56 Å². The number of hydrogen-bond donors (Lipinski definition) is 1. The van der Waals surface area contributed by atoms with Crippen molar-refractivity contribution in [2.24, 2.45) is 5.92 Å². The number of oxazole rings is 1. The molecule has 2 heterocycles. The summed E-state index contributed by atoms with van der Waals surface area (Å²) in [6.07, 6.45) is 4.02. The van der Waals surface area contributed by atoms with E-state index in [2.05, 4.69) is 41.1 Å². The lowest BCUT2D eigenvalue weighted by Gasteiger charge is -2.29. The summed E-state index contributed by atoms with van der Waals surface area (Å²) < 4.78 is 11.2. The quantitative estimate of drug-likeness (QED) is 0.232. The van der Waals surface area contributed by atoms with Crippen LogP contribution in [-0.4, -0.2) is 36.7 Å². The fourth-order valence-corrected chi connectivity index (χ4v) is 6.02. The molecule has 2 aliphatic rings. The second-order valence-corrected chi connectivity index (χ2v) is 11.5. The van der Waals surface area contributed by atoms with Gasteiger partial charge in [-0.25, -0.2) is 14.6 Å². The zero-order valence-corrected chi connectivity index (χ0v) is 23.9. The number of rotatable bonds is 7. The molecule has 3 aromatic carbocycles. The molecular formula is C34H34N4O4. The highest BCUT2D eigenvalue weighted by Gasteiger charge is 2.26. The highest BCUT2D eigenvalue weighted by molar-refractivity contribution is 5.94. The first kappa shape index (κ1) is 27.5. The number of amides is 2. The molecule has 0 unspecified atom stereocenters. The van der Waals surface area contributed by atoms with Gasteiger partial charge in [0.25, 0.3) is 5.91 Å². The molecular weight excluding hydrogens is 528 g/mol. The summed E-state index contributed by atoms with van der Waals surface area (Å²) in [4.78, 5) is 34.6. The Morgan fingerprint density at radius 2 is 1.81 bits per heavy atom. The van der Waals surface area contributed by atoms with Gasteiger partial charge in [0.1, 0.15) is 6.61 Å². The number of carbonyl (C=O) groups is 2. The van der Waals surface area contributed by atoms with E-state index in [1.807, 2.05) is 30.3 Å². The number of nitrogens with zero attached hydrogens (tertiary/aromatic N) is 3. The van der Waals surface area contributed by atoms with Crippen LogP contribution in [0.25, 0.3) is 27.4 Å². The molecule has 214 valence electrons. The van der Waals surface area contributed by atoms with E-state index in [0.717, 1.165) is 42.5 Å². The van der Waals surface area contributed by atoms with Crippen molar-refractivity contribution in [2.45, 2.75) is 51.4 Å². The maximum absolute atomic E-state index is 12.9. The predicted octanol–water partition coefficient (Wildman–Crippen LogP) is 7.83. The molecule has 4 aromatic rings. The first-order chi connectivity index (χ1) is 20.4. The molecule has 6 rings (SSSR count). The van der Waals surface area contributed by atoms with E-state index < -0.39 is 0 Å². The summed E-state index contributed by atoms with van der Waals surface area (Å²) in [7, 11) is 0. The van der Waals surface area contributed by atoms with Crippen LogP contribution in [0.3, 0.4) is 0 Å². The number of cyclic esters (lactones) is 1. The van der Waals surface area contributed by atoms with Crippen molar-refractivity contribution in [3.63, 3.8) is 0 Å². The Bertz CT molecular complexity index is 1640. The van der Waals surface area contributed by atoms with Gasteiger partial charge in [-0.2, -0.15) is 0 Å². The van der Waals surface area contributed by atoms with Crippen molar-refractivity contribution in [3.8, 4) is 11.5 Å². The van der Waals surface area contributed by atoms with Gasteiger partial charge in [0.2, 0.25) is 5.89 Å². The Balaban J connectivity index is 1.02. The highest BCUT2D eigenvalue weighted by Crippen LogP contribution is 2.37. The van der Waals surface area contributed by atoms with Crippen LogP contribution in [0.4, 0.5) is 16.2 Å². The third-order valence-electron chi connectivity index (χ3n) is 8.48. The molecule has 42 heavy (non-hydrogen) atoms. The van der Waals surface area contributed by atoms with Crippen molar-refractivity contribution in [1.82, 2.24) is 10.3 Å². The minimum Gasteiger partial charge on any atom is -0.447 e. The van der Waals surface area contributed by atoms with E-state index in [-0.39, 0.29) is 17.9 Å². The number of benzene rings is 3. The minimum atomic E-state index is -0.276. The van der Waals surface area contributed by atoms with Crippen LogP contribution in [0.2, 0.25) is 0 Å². The summed E-state index contributed by atoms with van der Waals surface area (Å²) in [6, 6.07) is 19.2. The standard InChI is InChI=1S/C34H34N4O4/c1-21(2)29-18-27(35-3)19-30-31(29)42-33(37-30)26-10-8-25(9-11-26)32(39)36-20-22-4-6-23(7-5-22)24-12-14-28(15-13-24)38-16-17-41-34(38)40/h8-15,18-19,21-23H,4-7,16-17,20H2,1-2H3,(H,36,39). The average Bonchev–Trinajstić information content (AvgIpc) is 3.66. The lowest BCUT2D eigenvalue weighted by atomic mass is 9.78. The van der Waals surface area contributed by atoms with Crippen LogP contribution in [0.5, 0.6) is 0 Å². The third kappa shape index (κ3) is 5.60. The van der Waals surface area contributed by atoms with Crippen molar-refractivity contribution >= 4 is 34.5 Å². The normalized spacial score (nSPS) is 18.7. The number of aromatic nitrogens is 1. The zero-order valence-electron chi connectivity index (χ0n) is 23.9. The number of anilines is 1. The Morgan fingerprint density at radius 1 is 1.07 bits per heavy atom. The van der Waals surface area contributed by atoms with E-state index in [0.29, 0.717) is 59.8 Å². The largest absolute Gasteiger partial charge is 0.447 e. The molecule has 1 saturated heterocycles. The van der Waals surface area contributed by atoms with Crippen molar-refractivity contribution in [3.05, 3.63) is 88.8 Å². The lowest BCUT2D eigenvalue weighted by Crippen LogP contribution is -2.31. The van der Waals surface area contributed by atoms with Crippen molar-refractivity contribution in [2.75, 3.05) is 24.6 Å². The summed E-state index contributed by atoms with van der Waals surface area (Å²) in [6.45, 7) is 13.2. The van der Waals surface area contributed by atoms with Crippen LogP contribution < -0.4 is 10.2 Å². The molecule has 0 bridgehead atoms. The molecule has 0 radical (unpaired) electrons. The van der Waals surface area contributed by atoms with Crippen LogP contribution in [0, 0.1) is 12.5 Å².